The normalized spacial score (nSPS) is 16.5. The quantitative estimate of drug-likeness (QED) is 0.285. The summed E-state index contributed by atoms with van der Waals surface area (Å²) in [5.41, 5.74) is 2.58. The van der Waals surface area contributed by atoms with E-state index >= 15 is 0 Å². The first kappa shape index (κ1) is 32.9. The minimum atomic E-state index is -0.737. The van der Waals surface area contributed by atoms with E-state index in [1.54, 1.807) is 14.1 Å². The van der Waals surface area contributed by atoms with Crippen LogP contribution in [0.1, 0.15) is 69.2 Å². The molecular formula is C33H48N4O5. The first-order valence-electron chi connectivity index (χ1n) is 15.0. The molecule has 2 atom stereocenters. The molecule has 1 fully saturated rings. The Labute approximate surface area is 251 Å². The predicted molar refractivity (Wildman–Crippen MR) is 164 cm³/mol. The van der Waals surface area contributed by atoms with Gasteiger partial charge in [-0.2, -0.15) is 0 Å². The molecule has 4 amide bonds. The van der Waals surface area contributed by atoms with Gasteiger partial charge < -0.3 is 24.6 Å². The summed E-state index contributed by atoms with van der Waals surface area (Å²) in [6.07, 6.45) is 2.63. The molecule has 0 bridgehead atoms. The van der Waals surface area contributed by atoms with Gasteiger partial charge in [-0.15, -0.1) is 0 Å². The molecule has 1 aliphatic heterocycles. The Morgan fingerprint density at radius 3 is 2.19 bits per heavy atom. The zero-order chi connectivity index (χ0) is 30.9. The highest BCUT2D eigenvalue weighted by Gasteiger charge is 2.63. The summed E-state index contributed by atoms with van der Waals surface area (Å²) >= 11 is 0. The molecule has 0 saturated carbocycles. The lowest BCUT2D eigenvalue weighted by molar-refractivity contribution is -0.191. The van der Waals surface area contributed by atoms with Crippen LogP contribution in [-0.4, -0.2) is 79.8 Å². The Balaban J connectivity index is 1.64. The largest absolute Gasteiger partial charge is 0.469 e. The van der Waals surface area contributed by atoms with E-state index in [1.807, 2.05) is 76.3 Å². The molecule has 1 heterocycles. The molecule has 1 N–H and O–H groups in total. The molecule has 42 heavy (non-hydrogen) atoms. The highest BCUT2D eigenvalue weighted by atomic mass is 16.6. The predicted octanol–water partition coefficient (Wildman–Crippen LogP) is 5.77. The molecule has 230 valence electrons. The molecule has 2 aromatic carbocycles. The van der Waals surface area contributed by atoms with Crippen LogP contribution in [-0.2, 0) is 16.0 Å². The van der Waals surface area contributed by atoms with Gasteiger partial charge in [0.05, 0.1) is 6.04 Å². The van der Waals surface area contributed by atoms with E-state index in [0.29, 0.717) is 31.7 Å². The minimum Gasteiger partial charge on any atom is -0.469 e. The van der Waals surface area contributed by atoms with Crippen molar-refractivity contribution in [3.8, 4) is 5.75 Å². The van der Waals surface area contributed by atoms with Gasteiger partial charge in [0.25, 0.3) is 0 Å². The average molecular weight is 581 g/mol. The fourth-order valence-corrected chi connectivity index (χ4v) is 5.24. The zero-order valence-electron chi connectivity index (χ0n) is 26.3. The number of likely N-dealkylation sites (N-methyl/N-ethyl adjacent to an activating group) is 1. The minimum absolute atomic E-state index is 0.188. The van der Waals surface area contributed by atoms with Crippen molar-refractivity contribution in [2.45, 2.75) is 72.1 Å². The number of aryl methyl sites for hydroxylation is 1. The second kappa shape index (κ2) is 15.0. The van der Waals surface area contributed by atoms with Crippen molar-refractivity contribution in [2.24, 2.45) is 5.41 Å². The molecule has 0 spiro atoms. The second-order valence-electron chi connectivity index (χ2n) is 11.4. The number of benzene rings is 2. The van der Waals surface area contributed by atoms with Crippen LogP contribution in [0.3, 0.4) is 0 Å². The third kappa shape index (κ3) is 7.82. The number of urea groups is 1. The van der Waals surface area contributed by atoms with Crippen LogP contribution >= 0.6 is 0 Å². The maximum atomic E-state index is 13.5. The topological polar surface area (TPSA) is 91.4 Å². The lowest BCUT2D eigenvalue weighted by Crippen LogP contribution is -2.73. The van der Waals surface area contributed by atoms with Crippen LogP contribution in [0.25, 0.3) is 0 Å². The van der Waals surface area contributed by atoms with E-state index in [9.17, 15) is 14.4 Å². The molecule has 0 aromatic heterocycles. The molecule has 0 aliphatic carbocycles. The lowest BCUT2D eigenvalue weighted by atomic mass is 9.72. The third-order valence-electron chi connectivity index (χ3n) is 8.20. The summed E-state index contributed by atoms with van der Waals surface area (Å²) in [4.78, 5) is 43.3. The summed E-state index contributed by atoms with van der Waals surface area (Å²) in [6, 6.07) is 15.3. The van der Waals surface area contributed by atoms with Gasteiger partial charge in [-0.25, -0.2) is 14.5 Å². The van der Waals surface area contributed by atoms with Crippen LogP contribution < -0.4 is 10.1 Å². The van der Waals surface area contributed by atoms with Crippen molar-refractivity contribution in [2.75, 3.05) is 40.8 Å². The number of nitrogens with one attached hydrogen (secondary N) is 1. The zero-order valence-corrected chi connectivity index (χ0v) is 26.3. The molecule has 2 aromatic rings. The number of carbonyl (C=O) groups excluding carboxylic acids is 3. The van der Waals surface area contributed by atoms with E-state index in [2.05, 4.69) is 17.1 Å². The van der Waals surface area contributed by atoms with Gasteiger partial charge in [0, 0.05) is 27.2 Å². The number of ether oxygens (including phenoxy) is 2. The highest BCUT2D eigenvalue weighted by molar-refractivity contribution is 6.03. The number of rotatable bonds is 14. The molecular weight excluding hydrogens is 532 g/mol. The van der Waals surface area contributed by atoms with Gasteiger partial charge in [-0.3, -0.25) is 4.79 Å². The fraction of sp³-hybridized carbons (Fsp3) is 0.545. The number of imide groups is 1. The van der Waals surface area contributed by atoms with E-state index < -0.39 is 17.7 Å². The Morgan fingerprint density at radius 2 is 1.62 bits per heavy atom. The molecule has 9 heteroatoms. The molecule has 9 nitrogen and oxygen atoms in total. The van der Waals surface area contributed by atoms with E-state index in [4.69, 9.17) is 9.47 Å². The van der Waals surface area contributed by atoms with Crippen LogP contribution in [0.15, 0.2) is 48.5 Å². The summed E-state index contributed by atoms with van der Waals surface area (Å²) < 4.78 is 11.6. The van der Waals surface area contributed by atoms with Crippen molar-refractivity contribution >= 4 is 18.0 Å². The van der Waals surface area contributed by atoms with Gasteiger partial charge in [0.1, 0.15) is 17.8 Å². The second-order valence-corrected chi connectivity index (χ2v) is 11.4. The van der Waals surface area contributed by atoms with Crippen molar-refractivity contribution in [1.82, 2.24) is 20.0 Å². The highest BCUT2D eigenvalue weighted by Crippen LogP contribution is 2.46. The number of β-lactam (4-membered cyclic amide) rings is 1. The summed E-state index contributed by atoms with van der Waals surface area (Å²) in [5.74, 6) is 0.429. The van der Waals surface area contributed by atoms with Crippen LogP contribution in [0.4, 0.5) is 9.59 Å². The van der Waals surface area contributed by atoms with E-state index in [1.165, 1.54) is 9.80 Å². The van der Waals surface area contributed by atoms with Crippen molar-refractivity contribution in [3.05, 3.63) is 65.2 Å². The molecule has 1 aliphatic rings. The maximum Gasteiger partial charge on any atom is 0.409 e. The standard InChI is InChI=1S/C33H48N4O5/c1-8-11-28(26-16-12-24(4)13-17-26)34-31(39)37-29(38)33(9-2,10-3)30(37)42-27-18-14-25(15-19-27)20-21-36(7)22-23-41-32(40)35(5)6/h12-19,28,30H,8-11,20-23H2,1-7H3,(H,34,39)/t28-,30-/m1/s1. The first-order chi connectivity index (χ1) is 20.1. The fourth-order valence-electron chi connectivity index (χ4n) is 5.24. The van der Waals surface area contributed by atoms with Gasteiger partial charge in [0.2, 0.25) is 5.91 Å². The number of likely N-dealkylation sites (tertiary alicyclic amines) is 1. The van der Waals surface area contributed by atoms with Crippen molar-refractivity contribution < 1.29 is 23.9 Å². The number of hydrogen-bond acceptors (Lipinski definition) is 6. The maximum absolute atomic E-state index is 13.5. The number of hydrogen-bond donors (Lipinski definition) is 1. The van der Waals surface area contributed by atoms with Crippen molar-refractivity contribution in [3.63, 3.8) is 0 Å². The van der Waals surface area contributed by atoms with E-state index in [-0.39, 0.29) is 18.0 Å². The van der Waals surface area contributed by atoms with Gasteiger partial charge in [0.15, 0.2) is 6.23 Å². The smallest absolute Gasteiger partial charge is 0.409 e. The van der Waals surface area contributed by atoms with E-state index in [0.717, 1.165) is 42.5 Å². The number of amides is 4. The van der Waals surface area contributed by atoms with Gasteiger partial charge >= 0.3 is 12.1 Å². The Morgan fingerprint density at radius 1 is 0.976 bits per heavy atom. The lowest BCUT2D eigenvalue weighted by Gasteiger charge is -2.53. The van der Waals surface area contributed by atoms with Crippen molar-refractivity contribution in [1.29, 1.82) is 0 Å². The number of nitrogens with zero attached hydrogens (tertiary/aromatic N) is 3. The summed E-state index contributed by atoms with van der Waals surface area (Å²) in [6.45, 7) is 9.85. The SMILES string of the molecule is CCC[C@@H](NC(=O)N1C(=O)C(CC)(CC)[C@H]1Oc1ccc(CCN(C)CCOC(=O)N(C)C)cc1)c1ccc(C)cc1. The van der Waals surface area contributed by atoms with Crippen LogP contribution in [0.2, 0.25) is 0 Å². The average Bonchev–Trinajstić information content (AvgIpc) is 2.97. The Bertz CT molecular complexity index is 1180. The monoisotopic (exact) mass is 580 g/mol. The number of carbonyl (C=O) groups is 3. The molecule has 0 radical (unpaired) electrons. The molecule has 0 unspecified atom stereocenters. The summed E-state index contributed by atoms with van der Waals surface area (Å²) in [5, 5.41) is 3.10. The van der Waals surface area contributed by atoms with Gasteiger partial charge in [-0.1, -0.05) is 69.2 Å². The third-order valence-corrected chi connectivity index (χ3v) is 8.20. The molecule has 1 saturated heterocycles. The van der Waals surface area contributed by atoms with Gasteiger partial charge in [-0.05, 0) is 62.9 Å². The Kier molecular flexibility index (Phi) is 11.8. The van der Waals surface area contributed by atoms with Crippen LogP contribution in [0, 0.1) is 12.3 Å². The summed E-state index contributed by atoms with van der Waals surface area (Å²) in [7, 11) is 5.32. The van der Waals surface area contributed by atoms with Crippen LogP contribution in [0.5, 0.6) is 5.75 Å². The Hall–Kier alpha value is -3.59. The first-order valence-corrected chi connectivity index (χ1v) is 15.0. The molecule has 3 rings (SSSR count).